The Bertz CT molecular complexity index is 577. The third kappa shape index (κ3) is 2.65. The van der Waals surface area contributed by atoms with E-state index in [0.29, 0.717) is 18.9 Å². The first-order valence-electron chi connectivity index (χ1n) is 7.42. The molecule has 0 atom stereocenters. The predicted molar refractivity (Wildman–Crippen MR) is 80.0 cm³/mol. The average molecular weight is 288 g/mol. The molecule has 5 nitrogen and oxygen atoms in total. The van der Waals surface area contributed by atoms with E-state index in [1.165, 1.54) is 0 Å². The molecule has 1 fully saturated rings. The van der Waals surface area contributed by atoms with E-state index in [0.717, 1.165) is 42.6 Å². The minimum atomic E-state index is 0.0881. The molecular weight excluding hydrogens is 268 g/mol. The van der Waals surface area contributed by atoms with Crippen molar-refractivity contribution in [1.29, 1.82) is 0 Å². The second-order valence-electron chi connectivity index (χ2n) is 5.66. The molecule has 1 N–H and O–H groups in total. The van der Waals surface area contributed by atoms with Crippen LogP contribution in [-0.2, 0) is 16.0 Å². The number of hydrogen-bond acceptors (Lipinski definition) is 4. The summed E-state index contributed by atoms with van der Waals surface area (Å²) in [5.41, 5.74) is 3.64. The number of ether oxygens (including phenoxy) is 1. The predicted octanol–water partition coefficient (Wildman–Crippen LogP) is 2.20. The van der Waals surface area contributed by atoms with Crippen LogP contribution in [0.1, 0.15) is 30.9 Å². The molecule has 0 saturated carbocycles. The third-order valence-electron chi connectivity index (χ3n) is 4.38. The minimum absolute atomic E-state index is 0.0881. The molecule has 1 aromatic carbocycles. The van der Waals surface area contributed by atoms with Crippen molar-refractivity contribution in [2.24, 2.45) is 11.1 Å². The monoisotopic (exact) mass is 288 g/mol. The van der Waals surface area contributed by atoms with Gasteiger partial charge in [-0.25, -0.2) is 0 Å². The van der Waals surface area contributed by atoms with Crippen molar-refractivity contribution in [1.82, 2.24) is 0 Å². The normalized spacial score (nSPS) is 19.7. The summed E-state index contributed by atoms with van der Waals surface area (Å²) < 4.78 is 5.33. The van der Waals surface area contributed by atoms with Crippen molar-refractivity contribution in [3.05, 3.63) is 29.3 Å². The van der Waals surface area contributed by atoms with Crippen molar-refractivity contribution in [2.45, 2.75) is 26.2 Å². The van der Waals surface area contributed by atoms with E-state index < -0.39 is 0 Å². The smallest absolute Gasteiger partial charge is 0.230 e. The van der Waals surface area contributed by atoms with Gasteiger partial charge in [0.25, 0.3) is 0 Å². The molecule has 3 rings (SSSR count). The molecule has 1 amide bonds. The van der Waals surface area contributed by atoms with Gasteiger partial charge in [0.05, 0.1) is 5.71 Å². The zero-order valence-corrected chi connectivity index (χ0v) is 12.2. The largest absolute Gasteiger partial charge is 0.411 e. The van der Waals surface area contributed by atoms with Crippen LogP contribution >= 0.6 is 0 Å². The lowest BCUT2D eigenvalue weighted by molar-refractivity contribution is -0.125. The molecule has 0 spiro atoms. The standard InChI is InChI=1S/C16H20N2O3/c1-11(17-20)13-2-3-15-14(10-13)4-7-18(15)16(19)12-5-8-21-9-6-12/h2-3,10,12,20H,4-9H2,1H3/b17-11+. The van der Waals surface area contributed by atoms with E-state index >= 15 is 0 Å². The summed E-state index contributed by atoms with van der Waals surface area (Å²) in [6.45, 7) is 3.87. The van der Waals surface area contributed by atoms with Crippen LogP contribution < -0.4 is 4.90 Å². The Morgan fingerprint density at radius 3 is 2.86 bits per heavy atom. The Kier molecular flexibility index (Phi) is 3.92. The zero-order chi connectivity index (χ0) is 14.8. The molecule has 2 aliphatic heterocycles. The van der Waals surface area contributed by atoms with Crippen LogP contribution in [0.2, 0.25) is 0 Å². The quantitative estimate of drug-likeness (QED) is 0.515. The average Bonchev–Trinajstić information content (AvgIpc) is 2.97. The molecule has 2 aliphatic rings. The highest BCUT2D eigenvalue weighted by atomic mass is 16.5. The second kappa shape index (κ2) is 5.85. The van der Waals surface area contributed by atoms with Crippen molar-refractivity contribution in [2.75, 3.05) is 24.7 Å². The van der Waals surface area contributed by atoms with E-state index in [9.17, 15) is 4.79 Å². The van der Waals surface area contributed by atoms with Gasteiger partial charge in [-0.3, -0.25) is 4.79 Å². The maximum atomic E-state index is 12.6. The highest BCUT2D eigenvalue weighted by molar-refractivity contribution is 6.01. The summed E-state index contributed by atoms with van der Waals surface area (Å²) >= 11 is 0. The minimum Gasteiger partial charge on any atom is -0.411 e. The highest BCUT2D eigenvalue weighted by Gasteiger charge is 2.31. The summed E-state index contributed by atoms with van der Waals surface area (Å²) in [6, 6.07) is 5.88. The topological polar surface area (TPSA) is 62.1 Å². The van der Waals surface area contributed by atoms with Gasteiger partial charge in [0.15, 0.2) is 0 Å². The lowest BCUT2D eigenvalue weighted by Crippen LogP contribution is -2.37. The first kappa shape index (κ1) is 14.1. The number of fused-ring (bicyclic) bond motifs is 1. The van der Waals surface area contributed by atoms with Gasteiger partial charge in [0.1, 0.15) is 0 Å². The van der Waals surface area contributed by atoms with E-state index in [1.807, 2.05) is 23.1 Å². The van der Waals surface area contributed by atoms with E-state index in [2.05, 4.69) is 5.16 Å². The number of hydrogen-bond donors (Lipinski definition) is 1. The molecule has 5 heteroatoms. The van der Waals surface area contributed by atoms with E-state index in [1.54, 1.807) is 6.92 Å². The lowest BCUT2D eigenvalue weighted by atomic mass is 9.98. The van der Waals surface area contributed by atoms with Gasteiger partial charge in [-0.05, 0) is 49.4 Å². The number of oxime groups is 1. The van der Waals surface area contributed by atoms with Crippen molar-refractivity contribution in [3.63, 3.8) is 0 Å². The Morgan fingerprint density at radius 1 is 1.38 bits per heavy atom. The molecule has 0 aliphatic carbocycles. The number of nitrogens with zero attached hydrogens (tertiary/aromatic N) is 2. The summed E-state index contributed by atoms with van der Waals surface area (Å²) in [6.07, 6.45) is 2.49. The van der Waals surface area contributed by atoms with Gasteiger partial charge < -0.3 is 14.8 Å². The summed E-state index contributed by atoms with van der Waals surface area (Å²) in [7, 11) is 0. The Hall–Kier alpha value is -1.88. The Labute approximate surface area is 124 Å². The van der Waals surface area contributed by atoms with Crippen LogP contribution in [0.5, 0.6) is 0 Å². The van der Waals surface area contributed by atoms with Crippen LogP contribution in [0.15, 0.2) is 23.4 Å². The molecule has 0 unspecified atom stereocenters. The van der Waals surface area contributed by atoms with Crippen molar-refractivity contribution < 1.29 is 14.7 Å². The fourth-order valence-electron chi connectivity index (χ4n) is 3.08. The number of benzene rings is 1. The highest BCUT2D eigenvalue weighted by Crippen LogP contribution is 2.31. The fraction of sp³-hybridized carbons (Fsp3) is 0.500. The van der Waals surface area contributed by atoms with Gasteiger partial charge in [0, 0.05) is 31.4 Å². The van der Waals surface area contributed by atoms with Crippen LogP contribution in [0, 0.1) is 5.92 Å². The number of carbonyl (C=O) groups excluding carboxylic acids is 1. The van der Waals surface area contributed by atoms with Gasteiger partial charge in [-0.2, -0.15) is 0 Å². The number of amides is 1. The van der Waals surface area contributed by atoms with Crippen LogP contribution in [0.4, 0.5) is 5.69 Å². The number of carbonyl (C=O) groups is 1. The van der Waals surface area contributed by atoms with Crippen molar-refractivity contribution in [3.8, 4) is 0 Å². The molecule has 112 valence electrons. The molecule has 1 saturated heterocycles. The maximum absolute atomic E-state index is 12.6. The molecule has 0 bridgehead atoms. The Morgan fingerprint density at radius 2 is 2.14 bits per heavy atom. The van der Waals surface area contributed by atoms with Crippen LogP contribution in [0.25, 0.3) is 0 Å². The first-order chi connectivity index (χ1) is 10.2. The molecule has 0 aromatic heterocycles. The molecule has 1 aromatic rings. The summed E-state index contributed by atoms with van der Waals surface area (Å²) in [4.78, 5) is 14.5. The molecular formula is C16H20N2O3. The van der Waals surface area contributed by atoms with Crippen molar-refractivity contribution >= 4 is 17.3 Å². The van der Waals surface area contributed by atoms with Gasteiger partial charge in [-0.15, -0.1) is 0 Å². The SMILES string of the molecule is C/C(=N\O)c1ccc2c(c1)CCN2C(=O)C1CCOCC1. The van der Waals surface area contributed by atoms with Gasteiger partial charge >= 0.3 is 0 Å². The van der Waals surface area contributed by atoms with E-state index in [4.69, 9.17) is 9.94 Å². The summed E-state index contributed by atoms with van der Waals surface area (Å²) in [5.74, 6) is 0.308. The molecule has 21 heavy (non-hydrogen) atoms. The van der Waals surface area contributed by atoms with Gasteiger partial charge in [-0.1, -0.05) is 11.2 Å². The van der Waals surface area contributed by atoms with Gasteiger partial charge in [0.2, 0.25) is 5.91 Å². The first-order valence-corrected chi connectivity index (χ1v) is 7.42. The Balaban J connectivity index is 1.82. The fourth-order valence-corrected chi connectivity index (χ4v) is 3.08. The summed E-state index contributed by atoms with van der Waals surface area (Å²) in [5, 5.41) is 12.1. The second-order valence-corrected chi connectivity index (χ2v) is 5.66. The molecule has 2 heterocycles. The van der Waals surface area contributed by atoms with Crippen LogP contribution in [0.3, 0.4) is 0 Å². The van der Waals surface area contributed by atoms with Crippen LogP contribution in [-0.4, -0.2) is 36.6 Å². The number of rotatable bonds is 2. The van der Waals surface area contributed by atoms with E-state index in [-0.39, 0.29) is 11.8 Å². The number of anilines is 1. The molecule has 0 radical (unpaired) electrons. The lowest BCUT2D eigenvalue weighted by Gasteiger charge is -2.26. The zero-order valence-electron chi connectivity index (χ0n) is 12.2. The third-order valence-corrected chi connectivity index (χ3v) is 4.38. The maximum Gasteiger partial charge on any atom is 0.230 e.